The molecule has 0 bridgehead atoms. The number of hydrogen-bond acceptors (Lipinski definition) is 1. The molecule has 0 amide bonds. The first-order valence-corrected chi connectivity index (χ1v) is 7.30. The summed E-state index contributed by atoms with van der Waals surface area (Å²) in [6, 6.07) is 21.3. The minimum absolute atomic E-state index is 0.171. The maximum absolute atomic E-state index is 8.30. The van der Waals surface area contributed by atoms with Crippen LogP contribution in [0.4, 0.5) is 0 Å². The molecule has 20 heavy (non-hydrogen) atoms. The zero-order chi connectivity index (χ0) is 13.8. The molecule has 1 aliphatic rings. The van der Waals surface area contributed by atoms with Crippen LogP contribution in [-0.2, 0) is 0 Å². The van der Waals surface area contributed by atoms with Crippen LogP contribution >= 0.6 is 0 Å². The van der Waals surface area contributed by atoms with Gasteiger partial charge in [0.05, 0.1) is 11.9 Å². The van der Waals surface area contributed by atoms with Gasteiger partial charge in [-0.25, -0.2) is 0 Å². The van der Waals surface area contributed by atoms with Gasteiger partial charge in [-0.15, -0.1) is 0 Å². The summed E-state index contributed by atoms with van der Waals surface area (Å²) in [5, 5.41) is 8.30. The van der Waals surface area contributed by atoms with Crippen LogP contribution in [0.25, 0.3) is 0 Å². The highest BCUT2D eigenvalue weighted by molar-refractivity contribution is 5.80. The highest BCUT2D eigenvalue weighted by Gasteiger charge is 2.26. The van der Waals surface area contributed by atoms with Gasteiger partial charge in [0.15, 0.2) is 0 Å². The molecule has 3 rings (SSSR count). The number of piperidine rings is 1. The zero-order valence-electron chi connectivity index (χ0n) is 11.6. The average Bonchev–Trinajstić information content (AvgIpc) is 2.52. The summed E-state index contributed by atoms with van der Waals surface area (Å²) in [6.45, 7) is 0.979. The number of nitrogens with one attached hydrogen (secondary N) is 1. The third kappa shape index (κ3) is 2.60. The third-order valence-electron chi connectivity index (χ3n) is 3.95. The van der Waals surface area contributed by atoms with Gasteiger partial charge < -0.3 is 4.90 Å². The fourth-order valence-electron chi connectivity index (χ4n) is 2.96. The molecule has 1 heterocycles. The third-order valence-corrected chi connectivity index (χ3v) is 3.95. The lowest BCUT2D eigenvalue weighted by Gasteiger charge is -2.37. The van der Waals surface area contributed by atoms with E-state index < -0.39 is 0 Å². The molecule has 2 aromatic carbocycles. The fourth-order valence-corrected chi connectivity index (χ4v) is 2.96. The van der Waals surface area contributed by atoms with Gasteiger partial charge in [0.25, 0.3) is 0 Å². The highest BCUT2D eigenvalue weighted by Crippen LogP contribution is 2.31. The van der Waals surface area contributed by atoms with Gasteiger partial charge in [-0.3, -0.25) is 5.41 Å². The van der Waals surface area contributed by atoms with Gasteiger partial charge in [0, 0.05) is 13.0 Å². The van der Waals surface area contributed by atoms with Crippen LogP contribution in [0, 0.1) is 5.41 Å². The first-order chi connectivity index (χ1) is 9.86. The second kappa shape index (κ2) is 5.91. The SMILES string of the molecule is N=C1CCCCN1C(c1ccccc1)c1ccccc1. The van der Waals surface area contributed by atoms with E-state index in [0.717, 1.165) is 25.2 Å². The fraction of sp³-hybridized carbons (Fsp3) is 0.278. The van der Waals surface area contributed by atoms with E-state index >= 15 is 0 Å². The van der Waals surface area contributed by atoms with Crippen molar-refractivity contribution in [1.29, 1.82) is 5.41 Å². The second-order valence-corrected chi connectivity index (χ2v) is 5.32. The lowest BCUT2D eigenvalue weighted by molar-refractivity contribution is 0.316. The summed E-state index contributed by atoms with van der Waals surface area (Å²) in [4.78, 5) is 2.26. The molecule has 0 spiro atoms. The summed E-state index contributed by atoms with van der Waals surface area (Å²) >= 11 is 0. The summed E-state index contributed by atoms with van der Waals surface area (Å²) < 4.78 is 0. The van der Waals surface area contributed by atoms with Crippen molar-refractivity contribution in [2.75, 3.05) is 6.54 Å². The average molecular weight is 264 g/mol. The van der Waals surface area contributed by atoms with Crippen molar-refractivity contribution in [1.82, 2.24) is 4.90 Å². The molecule has 0 aromatic heterocycles. The van der Waals surface area contributed by atoms with E-state index in [9.17, 15) is 0 Å². The Balaban J connectivity index is 2.02. The molecule has 102 valence electrons. The molecule has 2 heteroatoms. The molecule has 0 atom stereocenters. The lowest BCUT2D eigenvalue weighted by atomic mass is 9.94. The van der Waals surface area contributed by atoms with Crippen molar-refractivity contribution in [3.8, 4) is 0 Å². The van der Waals surface area contributed by atoms with Crippen molar-refractivity contribution in [3.63, 3.8) is 0 Å². The summed E-state index contributed by atoms with van der Waals surface area (Å²) in [5.74, 6) is 0.772. The predicted octanol–water partition coefficient (Wildman–Crippen LogP) is 4.24. The number of nitrogens with zero attached hydrogens (tertiary/aromatic N) is 1. The van der Waals surface area contributed by atoms with E-state index in [1.54, 1.807) is 0 Å². The number of hydrogen-bond donors (Lipinski definition) is 1. The Morgan fingerprint density at radius 1 is 0.800 bits per heavy atom. The smallest absolute Gasteiger partial charge is 0.0965 e. The minimum Gasteiger partial charge on any atom is -0.349 e. The molecule has 2 aromatic rings. The highest BCUT2D eigenvalue weighted by atomic mass is 15.2. The van der Waals surface area contributed by atoms with Crippen molar-refractivity contribution in [2.45, 2.75) is 25.3 Å². The molecule has 0 radical (unpaired) electrons. The topological polar surface area (TPSA) is 27.1 Å². The van der Waals surface area contributed by atoms with Crippen LogP contribution in [0.15, 0.2) is 60.7 Å². The summed E-state index contributed by atoms with van der Waals surface area (Å²) in [6.07, 6.45) is 3.22. The van der Waals surface area contributed by atoms with Crippen molar-refractivity contribution in [2.24, 2.45) is 0 Å². The van der Waals surface area contributed by atoms with E-state index in [1.165, 1.54) is 17.5 Å². The molecule has 1 aliphatic heterocycles. The van der Waals surface area contributed by atoms with Gasteiger partial charge >= 0.3 is 0 Å². The normalized spacial score (nSPS) is 15.7. The molecule has 2 nitrogen and oxygen atoms in total. The molecule has 1 saturated heterocycles. The number of benzene rings is 2. The van der Waals surface area contributed by atoms with Crippen LogP contribution in [0.2, 0.25) is 0 Å². The van der Waals surface area contributed by atoms with Crippen molar-refractivity contribution < 1.29 is 0 Å². The van der Waals surface area contributed by atoms with Gasteiger partial charge in [0.2, 0.25) is 0 Å². The Kier molecular flexibility index (Phi) is 3.82. The number of amidine groups is 1. The van der Waals surface area contributed by atoms with E-state index in [-0.39, 0.29) is 6.04 Å². The minimum atomic E-state index is 0.171. The molecule has 0 saturated carbocycles. The Morgan fingerprint density at radius 3 is 1.85 bits per heavy atom. The molecule has 0 unspecified atom stereocenters. The summed E-state index contributed by atoms with van der Waals surface area (Å²) in [5.41, 5.74) is 2.54. The molecular formula is C18H20N2. The molecule has 1 N–H and O–H groups in total. The van der Waals surface area contributed by atoms with Crippen molar-refractivity contribution >= 4 is 5.84 Å². The van der Waals surface area contributed by atoms with E-state index in [4.69, 9.17) is 5.41 Å². The standard InChI is InChI=1S/C18H20N2/c19-17-13-7-8-14-20(17)18(15-9-3-1-4-10-15)16-11-5-2-6-12-16/h1-6,9-12,18-19H,7-8,13-14H2. The quantitative estimate of drug-likeness (QED) is 0.882. The van der Waals surface area contributed by atoms with Crippen LogP contribution in [0.1, 0.15) is 36.4 Å². The van der Waals surface area contributed by atoms with Crippen molar-refractivity contribution in [3.05, 3.63) is 71.8 Å². The van der Waals surface area contributed by atoms with E-state index in [0.29, 0.717) is 0 Å². The first-order valence-electron chi connectivity index (χ1n) is 7.30. The molecule has 1 fully saturated rings. The van der Waals surface area contributed by atoms with E-state index in [2.05, 4.69) is 53.4 Å². The Morgan fingerprint density at radius 2 is 1.35 bits per heavy atom. The predicted molar refractivity (Wildman–Crippen MR) is 83.0 cm³/mol. The molecule has 0 aliphatic carbocycles. The summed E-state index contributed by atoms with van der Waals surface area (Å²) in [7, 11) is 0. The monoisotopic (exact) mass is 264 g/mol. The maximum atomic E-state index is 8.30. The van der Waals surface area contributed by atoms with Gasteiger partial charge in [-0.2, -0.15) is 0 Å². The van der Waals surface area contributed by atoms with Crippen LogP contribution in [0.5, 0.6) is 0 Å². The number of rotatable bonds is 3. The van der Waals surface area contributed by atoms with Crippen LogP contribution in [0.3, 0.4) is 0 Å². The Hall–Kier alpha value is -2.09. The maximum Gasteiger partial charge on any atom is 0.0965 e. The largest absolute Gasteiger partial charge is 0.349 e. The Labute approximate surface area is 120 Å². The van der Waals surface area contributed by atoms with Gasteiger partial charge in [-0.1, -0.05) is 60.7 Å². The van der Waals surface area contributed by atoms with E-state index in [1.807, 2.05) is 12.1 Å². The number of likely N-dealkylation sites (tertiary alicyclic amines) is 1. The lowest BCUT2D eigenvalue weighted by Crippen LogP contribution is -2.38. The van der Waals surface area contributed by atoms with Crippen LogP contribution in [-0.4, -0.2) is 17.3 Å². The van der Waals surface area contributed by atoms with Gasteiger partial charge in [-0.05, 0) is 24.0 Å². The first kappa shape index (κ1) is 12.9. The zero-order valence-corrected chi connectivity index (χ0v) is 11.6. The van der Waals surface area contributed by atoms with Gasteiger partial charge in [0.1, 0.15) is 0 Å². The second-order valence-electron chi connectivity index (χ2n) is 5.32. The Bertz CT molecular complexity index is 523. The van der Waals surface area contributed by atoms with Crippen LogP contribution < -0.4 is 0 Å². The molecular weight excluding hydrogens is 244 g/mol.